The maximum atomic E-state index is 13.5. The number of amides is 1. The molecule has 0 saturated carbocycles. The Morgan fingerprint density at radius 1 is 1.06 bits per heavy atom. The molecule has 0 bridgehead atoms. The number of carbonyl (C=O) groups is 1. The van der Waals surface area contributed by atoms with Gasteiger partial charge in [-0.15, -0.1) is 11.8 Å². The van der Waals surface area contributed by atoms with Gasteiger partial charge in [0.2, 0.25) is 5.91 Å². The van der Waals surface area contributed by atoms with Crippen LogP contribution in [0.15, 0.2) is 71.6 Å². The molecule has 4 nitrogen and oxygen atoms in total. The van der Waals surface area contributed by atoms with Crippen LogP contribution >= 0.6 is 23.4 Å². The summed E-state index contributed by atoms with van der Waals surface area (Å²) in [6.45, 7) is 2.36. The molecule has 3 aromatic carbocycles. The summed E-state index contributed by atoms with van der Waals surface area (Å²) in [6, 6.07) is 19.8. The Balaban J connectivity index is 1.38. The van der Waals surface area contributed by atoms with Gasteiger partial charge in [0, 0.05) is 42.1 Å². The van der Waals surface area contributed by atoms with Crippen molar-refractivity contribution in [2.45, 2.75) is 42.9 Å². The van der Waals surface area contributed by atoms with Gasteiger partial charge in [-0.1, -0.05) is 48.0 Å². The van der Waals surface area contributed by atoms with Crippen LogP contribution in [0.2, 0.25) is 5.02 Å². The standard InChI is InChI=1S/C28H30ClF2N3OS/c1-36-23-9-6-20(7-10-23)16-33-22-15-27(34(18-22)17-21-4-2-3-5-24(21)29)28(35)32-13-12-19-8-11-25(30)26(31)14-19/h2-11,14,22,27,33H,12-13,15-18H2,1H3,(H,32,35)/t22-,27-/m0/s1. The second kappa shape index (κ2) is 12.7. The van der Waals surface area contributed by atoms with E-state index in [0.29, 0.717) is 36.5 Å². The van der Waals surface area contributed by atoms with Crippen molar-refractivity contribution in [3.05, 3.63) is 100 Å². The number of carbonyl (C=O) groups excluding carboxylic acids is 1. The van der Waals surface area contributed by atoms with Crippen LogP contribution in [0.4, 0.5) is 8.78 Å². The van der Waals surface area contributed by atoms with E-state index in [9.17, 15) is 13.6 Å². The summed E-state index contributed by atoms with van der Waals surface area (Å²) in [5, 5.41) is 7.27. The third-order valence-electron chi connectivity index (χ3n) is 6.49. The molecule has 0 radical (unpaired) electrons. The summed E-state index contributed by atoms with van der Waals surface area (Å²) in [4.78, 5) is 16.6. The molecule has 3 aromatic rings. The number of benzene rings is 3. The van der Waals surface area contributed by atoms with Gasteiger partial charge < -0.3 is 10.6 Å². The first kappa shape index (κ1) is 26.6. The van der Waals surface area contributed by atoms with Crippen molar-refractivity contribution in [1.82, 2.24) is 15.5 Å². The predicted octanol–water partition coefficient (Wildman–Crippen LogP) is 5.43. The van der Waals surface area contributed by atoms with Crippen LogP contribution in [0.25, 0.3) is 0 Å². The number of nitrogens with zero attached hydrogens (tertiary/aromatic N) is 1. The summed E-state index contributed by atoms with van der Waals surface area (Å²) in [5.41, 5.74) is 2.82. The minimum atomic E-state index is -0.877. The van der Waals surface area contributed by atoms with Crippen LogP contribution in [0, 0.1) is 11.6 Å². The molecule has 1 heterocycles. The smallest absolute Gasteiger partial charge is 0.237 e. The molecule has 1 saturated heterocycles. The van der Waals surface area contributed by atoms with Crippen LogP contribution in [-0.2, 0) is 24.3 Å². The van der Waals surface area contributed by atoms with E-state index in [1.807, 2.05) is 24.3 Å². The summed E-state index contributed by atoms with van der Waals surface area (Å²) in [7, 11) is 0. The summed E-state index contributed by atoms with van der Waals surface area (Å²) in [6.07, 6.45) is 3.15. The zero-order valence-electron chi connectivity index (χ0n) is 20.1. The van der Waals surface area contributed by atoms with E-state index >= 15 is 0 Å². The molecule has 2 N–H and O–H groups in total. The first-order valence-corrected chi connectivity index (χ1v) is 13.6. The Morgan fingerprint density at radius 2 is 1.81 bits per heavy atom. The zero-order chi connectivity index (χ0) is 25.5. The van der Waals surface area contributed by atoms with E-state index in [0.717, 1.165) is 24.7 Å². The van der Waals surface area contributed by atoms with Gasteiger partial charge in [-0.25, -0.2) is 8.78 Å². The first-order chi connectivity index (χ1) is 17.4. The molecule has 1 aliphatic rings. The Morgan fingerprint density at radius 3 is 2.53 bits per heavy atom. The monoisotopic (exact) mass is 529 g/mol. The van der Waals surface area contributed by atoms with Crippen LogP contribution in [-0.4, -0.2) is 42.2 Å². The van der Waals surface area contributed by atoms with Gasteiger partial charge in [-0.2, -0.15) is 0 Å². The molecule has 1 aliphatic heterocycles. The molecule has 190 valence electrons. The molecule has 0 aromatic heterocycles. The number of nitrogens with one attached hydrogen (secondary N) is 2. The number of likely N-dealkylation sites (tertiary alicyclic amines) is 1. The van der Waals surface area contributed by atoms with Crippen molar-refractivity contribution in [2.75, 3.05) is 19.3 Å². The van der Waals surface area contributed by atoms with Crippen molar-refractivity contribution in [1.29, 1.82) is 0 Å². The highest BCUT2D eigenvalue weighted by Gasteiger charge is 2.36. The third-order valence-corrected chi connectivity index (χ3v) is 7.60. The van der Waals surface area contributed by atoms with Gasteiger partial charge in [-0.05, 0) is 66.1 Å². The molecule has 1 fully saturated rings. The highest BCUT2D eigenvalue weighted by molar-refractivity contribution is 7.98. The van der Waals surface area contributed by atoms with Crippen molar-refractivity contribution in [3.8, 4) is 0 Å². The van der Waals surface area contributed by atoms with E-state index in [-0.39, 0.29) is 18.0 Å². The normalized spacial score (nSPS) is 17.9. The van der Waals surface area contributed by atoms with Crippen LogP contribution in [0.5, 0.6) is 0 Å². The molecule has 4 rings (SSSR count). The summed E-state index contributed by atoms with van der Waals surface area (Å²) >= 11 is 8.12. The van der Waals surface area contributed by atoms with Crippen molar-refractivity contribution in [2.24, 2.45) is 0 Å². The largest absolute Gasteiger partial charge is 0.354 e. The van der Waals surface area contributed by atoms with E-state index in [1.54, 1.807) is 11.8 Å². The third kappa shape index (κ3) is 7.07. The SMILES string of the molecule is CSc1ccc(CN[C@H]2C[C@@H](C(=O)NCCc3ccc(F)c(F)c3)N(Cc3ccccc3Cl)C2)cc1. The van der Waals surface area contributed by atoms with E-state index in [4.69, 9.17) is 11.6 Å². The van der Waals surface area contributed by atoms with Gasteiger partial charge >= 0.3 is 0 Å². The summed E-state index contributed by atoms with van der Waals surface area (Å²) in [5.74, 6) is -1.82. The molecule has 36 heavy (non-hydrogen) atoms. The second-order valence-corrected chi connectivity index (χ2v) is 10.3. The van der Waals surface area contributed by atoms with E-state index < -0.39 is 11.6 Å². The van der Waals surface area contributed by atoms with Gasteiger partial charge in [0.25, 0.3) is 0 Å². The van der Waals surface area contributed by atoms with Gasteiger partial charge in [0.05, 0.1) is 6.04 Å². The molecular formula is C28H30ClF2N3OS. The fraction of sp³-hybridized carbons (Fsp3) is 0.321. The lowest BCUT2D eigenvalue weighted by atomic mass is 10.1. The van der Waals surface area contributed by atoms with Crippen molar-refractivity contribution in [3.63, 3.8) is 0 Å². The molecule has 8 heteroatoms. The Hall–Kier alpha value is -2.45. The topological polar surface area (TPSA) is 44.4 Å². The van der Waals surface area contributed by atoms with E-state index in [2.05, 4.69) is 46.1 Å². The molecular weight excluding hydrogens is 500 g/mol. The minimum Gasteiger partial charge on any atom is -0.354 e. The van der Waals surface area contributed by atoms with Gasteiger partial charge in [0.15, 0.2) is 11.6 Å². The molecule has 0 aliphatic carbocycles. The average Bonchev–Trinajstić information content (AvgIpc) is 3.29. The fourth-order valence-electron chi connectivity index (χ4n) is 4.49. The lowest BCUT2D eigenvalue weighted by molar-refractivity contribution is -0.125. The van der Waals surface area contributed by atoms with Gasteiger partial charge in [0.1, 0.15) is 0 Å². The number of thioether (sulfide) groups is 1. The van der Waals surface area contributed by atoms with Crippen molar-refractivity contribution >= 4 is 29.3 Å². The number of hydrogen-bond acceptors (Lipinski definition) is 4. The highest BCUT2D eigenvalue weighted by Crippen LogP contribution is 2.25. The quantitative estimate of drug-likeness (QED) is 0.344. The predicted molar refractivity (Wildman–Crippen MR) is 142 cm³/mol. The molecule has 0 unspecified atom stereocenters. The minimum absolute atomic E-state index is 0.0711. The maximum absolute atomic E-state index is 13.5. The number of hydrogen-bond donors (Lipinski definition) is 2. The fourth-order valence-corrected chi connectivity index (χ4v) is 5.10. The van der Waals surface area contributed by atoms with Gasteiger partial charge in [-0.3, -0.25) is 9.69 Å². The van der Waals surface area contributed by atoms with Crippen molar-refractivity contribution < 1.29 is 13.6 Å². The summed E-state index contributed by atoms with van der Waals surface area (Å²) < 4.78 is 26.7. The molecule has 1 amide bonds. The number of rotatable bonds is 10. The zero-order valence-corrected chi connectivity index (χ0v) is 21.7. The molecule has 0 spiro atoms. The van der Waals surface area contributed by atoms with Crippen LogP contribution < -0.4 is 10.6 Å². The lowest BCUT2D eigenvalue weighted by Crippen LogP contribution is -2.43. The maximum Gasteiger partial charge on any atom is 0.237 e. The Bertz CT molecular complexity index is 1180. The number of halogens is 3. The van der Waals surface area contributed by atoms with Crippen LogP contribution in [0.1, 0.15) is 23.1 Å². The second-order valence-electron chi connectivity index (χ2n) is 8.99. The first-order valence-electron chi connectivity index (χ1n) is 12.0. The lowest BCUT2D eigenvalue weighted by Gasteiger charge is -2.24. The van der Waals surface area contributed by atoms with E-state index in [1.165, 1.54) is 22.6 Å². The highest BCUT2D eigenvalue weighted by atomic mass is 35.5. The Labute approximate surface area is 220 Å². The van der Waals surface area contributed by atoms with Crippen LogP contribution in [0.3, 0.4) is 0 Å². The average molecular weight is 530 g/mol. The molecule has 2 atom stereocenters. The Kier molecular flexibility index (Phi) is 9.37.